The molecule has 0 radical (unpaired) electrons. The van der Waals surface area contributed by atoms with Gasteiger partial charge in [0.1, 0.15) is 0 Å². The van der Waals surface area contributed by atoms with Gasteiger partial charge < -0.3 is 10.2 Å². The fraction of sp³-hybridized carbons (Fsp3) is 0.250. The summed E-state index contributed by atoms with van der Waals surface area (Å²) >= 11 is 9.83. The molecule has 0 heterocycles. The zero-order chi connectivity index (χ0) is 14.5. The lowest BCUT2D eigenvalue weighted by molar-refractivity contribution is 0.813. The molecule has 0 saturated heterocycles. The summed E-state index contributed by atoms with van der Waals surface area (Å²) in [6.07, 6.45) is 0. The summed E-state index contributed by atoms with van der Waals surface area (Å²) in [5.41, 5.74) is 3.55. The van der Waals surface area contributed by atoms with Crippen molar-refractivity contribution in [1.29, 1.82) is 0 Å². The maximum absolute atomic E-state index is 6.21. The van der Waals surface area contributed by atoms with Gasteiger partial charge in [-0.05, 0) is 36.4 Å². The van der Waals surface area contributed by atoms with Crippen LogP contribution >= 0.6 is 27.5 Å². The number of hydrogen-bond donors (Lipinski definition) is 1. The first-order valence-corrected chi connectivity index (χ1v) is 7.66. The van der Waals surface area contributed by atoms with Crippen molar-refractivity contribution in [3.63, 3.8) is 0 Å². The fourth-order valence-electron chi connectivity index (χ4n) is 2.08. The Morgan fingerprint density at radius 2 is 1.90 bits per heavy atom. The molecule has 0 aliphatic carbocycles. The highest BCUT2D eigenvalue weighted by Crippen LogP contribution is 2.25. The summed E-state index contributed by atoms with van der Waals surface area (Å²) in [6, 6.07) is 14.4. The molecule has 2 aromatic carbocycles. The summed E-state index contributed by atoms with van der Waals surface area (Å²) in [6.45, 7) is 1.65. The molecule has 106 valence electrons. The van der Waals surface area contributed by atoms with Crippen molar-refractivity contribution in [3.05, 3.63) is 63.1 Å². The molecule has 0 atom stereocenters. The zero-order valence-corrected chi connectivity index (χ0v) is 14.0. The lowest BCUT2D eigenvalue weighted by atomic mass is 10.1. The van der Waals surface area contributed by atoms with Crippen molar-refractivity contribution in [2.75, 3.05) is 19.0 Å². The van der Waals surface area contributed by atoms with E-state index in [2.05, 4.69) is 57.5 Å². The second kappa shape index (κ2) is 7.11. The van der Waals surface area contributed by atoms with Gasteiger partial charge in [-0.25, -0.2) is 0 Å². The third-order valence-electron chi connectivity index (χ3n) is 3.21. The summed E-state index contributed by atoms with van der Waals surface area (Å²) in [7, 11) is 4.02. The van der Waals surface area contributed by atoms with Gasteiger partial charge in [-0.3, -0.25) is 0 Å². The summed E-state index contributed by atoms with van der Waals surface area (Å²) in [4.78, 5) is 2.19. The Kier molecular flexibility index (Phi) is 5.46. The van der Waals surface area contributed by atoms with E-state index in [0.29, 0.717) is 0 Å². The lowest BCUT2D eigenvalue weighted by Gasteiger charge is -2.21. The smallest absolute Gasteiger partial charge is 0.0455 e. The molecule has 0 saturated carbocycles. The SMILES string of the molecule is CNCc1ccc(N(C)Cc2ccccc2Cl)cc1Br. The molecule has 1 N–H and O–H groups in total. The molecule has 0 amide bonds. The van der Waals surface area contributed by atoms with Gasteiger partial charge in [0.15, 0.2) is 0 Å². The highest BCUT2D eigenvalue weighted by atomic mass is 79.9. The predicted molar refractivity (Wildman–Crippen MR) is 90.5 cm³/mol. The van der Waals surface area contributed by atoms with Crippen LogP contribution in [0, 0.1) is 0 Å². The van der Waals surface area contributed by atoms with Crippen LogP contribution in [0.3, 0.4) is 0 Å². The van der Waals surface area contributed by atoms with E-state index in [1.54, 1.807) is 0 Å². The van der Waals surface area contributed by atoms with Crippen LogP contribution in [0.4, 0.5) is 5.69 Å². The molecule has 0 aromatic heterocycles. The minimum Gasteiger partial charge on any atom is -0.370 e. The van der Waals surface area contributed by atoms with Crippen LogP contribution in [0.1, 0.15) is 11.1 Å². The maximum atomic E-state index is 6.21. The number of nitrogens with zero attached hydrogens (tertiary/aromatic N) is 1. The Morgan fingerprint density at radius 1 is 1.15 bits per heavy atom. The van der Waals surface area contributed by atoms with Crippen LogP contribution in [-0.2, 0) is 13.1 Å². The van der Waals surface area contributed by atoms with E-state index in [9.17, 15) is 0 Å². The molecular weight excluding hydrogens is 336 g/mol. The van der Waals surface area contributed by atoms with Gasteiger partial charge in [-0.15, -0.1) is 0 Å². The molecule has 20 heavy (non-hydrogen) atoms. The number of rotatable bonds is 5. The number of halogens is 2. The van der Waals surface area contributed by atoms with Crippen molar-refractivity contribution < 1.29 is 0 Å². The highest BCUT2D eigenvalue weighted by Gasteiger charge is 2.07. The molecule has 0 unspecified atom stereocenters. The Morgan fingerprint density at radius 3 is 2.55 bits per heavy atom. The van der Waals surface area contributed by atoms with Crippen LogP contribution in [0.2, 0.25) is 5.02 Å². The van der Waals surface area contributed by atoms with E-state index in [-0.39, 0.29) is 0 Å². The minimum absolute atomic E-state index is 0.789. The third kappa shape index (κ3) is 3.75. The monoisotopic (exact) mass is 352 g/mol. The van der Waals surface area contributed by atoms with Gasteiger partial charge >= 0.3 is 0 Å². The van der Waals surface area contributed by atoms with Gasteiger partial charge in [0.05, 0.1) is 0 Å². The number of anilines is 1. The lowest BCUT2D eigenvalue weighted by Crippen LogP contribution is -2.17. The highest BCUT2D eigenvalue weighted by molar-refractivity contribution is 9.10. The Bertz CT molecular complexity index is 586. The van der Waals surface area contributed by atoms with E-state index in [1.807, 2.05) is 25.2 Å². The molecule has 2 nitrogen and oxygen atoms in total. The van der Waals surface area contributed by atoms with Gasteiger partial charge in [0.25, 0.3) is 0 Å². The molecule has 0 aliphatic rings. The quantitative estimate of drug-likeness (QED) is 0.854. The Balaban J connectivity index is 2.15. The second-order valence-electron chi connectivity index (χ2n) is 4.75. The normalized spacial score (nSPS) is 10.6. The Hall–Kier alpha value is -1.03. The molecule has 0 aliphatic heterocycles. The molecule has 2 aromatic rings. The summed E-state index contributed by atoms with van der Waals surface area (Å²) in [5, 5.41) is 3.97. The number of benzene rings is 2. The van der Waals surface area contributed by atoms with E-state index in [1.165, 1.54) is 5.56 Å². The fourth-order valence-corrected chi connectivity index (χ4v) is 2.78. The summed E-state index contributed by atoms with van der Waals surface area (Å²) in [5.74, 6) is 0. The van der Waals surface area contributed by atoms with Crippen LogP contribution < -0.4 is 10.2 Å². The molecule has 0 fully saturated rings. The van der Waals surface area contributed by atoms with Crippen LogP contribution in [0.5, 0.6) is 0 Å². The predicted octanol–water partition coefficient (Wildman–Crippen LogP) is 4.46. The second-order valence-corrected chi connectivity index (χ2v) is 6.02. The van der Waals surface area contributed by atoms with E-state index in [4.69, 9.17) is 11.6 Å². The summed E-state index contributed by atoms with van der Waals surface area (Å²) < 4.78 is 1.12. The van der Waals surface area contributed by atoms with Crippen LogP contribution in [0.25, 0.3) is 0 Å². The maximum Gasteiger partial charge on any atom is 0.0455 e. The van der Waals surface area contributed by atoms with E-state index >= 15 is 0 Å². The molecule has 2 rings (SSSR count). The first-order chi connectivity index (χ1) is 9.61. The molecule has 4 heteroatoms. The molecule has 0 bridgehead atoms. The topological polar surface area (TPSA) is 15.3 Å². The average molecular weight is 354 g/mol. The van der Waals surface area contributed by atoms with Crippen molar-refractivity contribution in [2.24, 2.45) is 0 Å². The van der Waals surface area contributed by atoms with E-state index < -0.39 is 0 Å². The van der Waals surface area contributed by atoms with Gasteiger partial charge in [-0.1, -0.05) is 51.8 Å². The first-order valence-electron chi connectivity index (χ1n) is 6.49. The van der Waals surface area contributed by atoms with Gasteiger partial charge in [-0.2, -0.15) is 0 Å². The zero-order valence-electron chi connectivity index (χ0n) is 11.7. The van der Waals surface area contributed by atoms with Crippen LogP contribution in [0.15, 0.2) is 46.9 Å². The van der Waals surface area contributed by atoms with Gasteiger partial charge in [0.2, 0.25) is 0 Å². The molecular formula is C16H18BrClN2. The minimum atomic E-state index is 0.789. The third-order valence-corrected chi connectivity index (χ3v) is 4.32. The van der Waals surface area contributed by atoms with E-state index in [0.717, 1.165) is 33.8 Å². The first kappa shape index (κ1) is 15.4. The largest absolute Gasteiger partial charge is 0.370 e. The number of nitrogens with one attached hydrogen (secondary N) is 1. The molecule has 0 spiro atoms. The van der Waals surface area contributed by atoms with Crippen LogP contribution in [-0.4, -0.2) is 14.1 Å². The van der Waals surface area contributed by atoms with Gasteiger partial charge in [0, 0.05) is 35.3 Å². The number of hydrogen-bond acceptors (Lipinski definition) is 2. The van der Waals surface area contributed by atoms with Crippen molar-refractivity contribution in [1.82, 2.24) is 5.32 Å². The van der Waals surface area contributed by atoms with Crippen molar-refractivity contribution >= 4 is 33.2 Å². The van der Waals surface area contributed by atoms with Crippen molar-refractivity contribution in [3.8, 4) is 0 Å². The Labute approximate surface area is 133 Å². The standard InChI is InChI=1S/C16H18BrClN2/c1-19-10-12-7-8-14(9-15(12)17)20(2)11-13-5-3-4-6-16(13)18/h3-9,19H,10-11H2,1-2H3. The average Bonchev–Trinajstić information content (AvgIpc) is 2.43. The van der Waals surface area contributed by atoms with Crippen molar-refractivity contribution in [2.45, 2.75) is 13.1 Å².